The second kappa shape index (κ2) is 24.1. The summed E-state index contributed by atoms with van der Waals surface area (Å²) in [5, 5.41) is 10.1. The monoisotopic (exact) mass is 1070 g/mol. The number of carbonyl (C=O) groups is 2. The van der Waals surface area contributed by atoms with Crippen LogP contribution in [0.5, 0.6) is 17.2 Å². The lowest BCUT2D eigenvalue weighted by Crippen LogP contribution is -2.19. The maximum absolute atomic E-state index is 11.4. The van der Waals surface area contributed by atoms with Crippen molar-refractivity contribution < 1.29 is 28.9 Å². The summed E-state index contributed by atoms with van der Waals surface area (Å²) in [5.41, 5.74) is 11.4. The molecule has 4 aliphatic carbocycles. The molecule has 0 radical (unpaired) electrons. The molecule has 1 saturated carbocycles. The number of methoxy groups -OCH3 is 3. The minimum Gasteiger partial charge on any atom is -0.496 e. The number of hydrogen-bond donors (Lipinski definition) is 1. The molecule has 0 aliphatic heterocycles. The summed E-state index contributed by atoms with van der Waals surface area (Å²) in [4.78, 5) is 40.3. The van der Waals surface area contributed by atoms with E-state index < -0.39 is 5.60 Å². The minimum atomic E-state index is -1.06. The molecule has 13 heteroatoms. The fraction of sp³-hybridized carbons (Fsp3) is 0.355. The van der Waals surface area contributed by atoms with Crippen molar-refractivity contribution in [2.45, 2.75) is 121 Å². The molecule has 3 aromatic carbocycles. The lowest BCUT2D eigenvalue weighted by Gasteiger charge is -2.24. The van der Waals surface area contributed by atoms with Crippen LogP contribution in [0.15, 0.2) is 138 Å². The van der Waals surface area contributed by atoms with E-state index in [4.69, 9.17) is 24.2 Å². The van der Waals surface area contributed by atoms with E-state index in [0.29, 0.717) is 29.9 Å². The lowest BCUT2D eigenvalue weighted by molar-refractivity contribution is -0.120. The van der Waals surface area contributed by atoms with Crippen LogP contribution in [0.4, 0.5) is 0 Å². The maximum Gasteiger partial charge on any atom is 0.159 e. The van der Waals surface area contributed by atoms with Gasteiger partial charge in [0.2, 0.25) is 0 Å². The van der Waals surface area contributed by atoms with Gasteiger partial charge in [-0.2, -0.15) is 0 Å². The molecule has 75 heavy (non-hydrogen) atoms. The fourth-order valence-electron chi connectivity index (χ4n) is 11.0. The van der Waals surface area contributed by atoms with Crippen molar-refractivity contribution in [1.82, 2.24) is 28.7 Å². The van der Waals surface area contributed by atoms with Crippen molar-refractivity contribution in [3.63, 3.8) is 0 Å². The van der Waals surface area contributed by atoms with Gasteiger partial charge in [0.15, 0.2) is 11.6 Å². The third-order valence-corrected chi connectivity index (χ3v) is 15.1. The third kappa shape index (κ3) is 12.3. The number of rotatable bonds is 8. The molecule has 1 N–H and O–H groups in total. The van der Waals surface area contributed by atoms with Crippen LogP contribution in [0.25, 0.3) is 22.4 Å². The summed E-state index contributed by atoms with van der Waals surface area (Å²) >= 11 is 3.58. The number of halogens is 1. The highest BCUT2D eigenvalue weighted by Crippen LogP contribution is 2.43. The van der Waals surface area contributed by atoms with Crippen LogP contribution in [0.3, 0.4) is 0 Å². The molecule has 3 unspecified atom stereocenters. The molecule has 0 bridgehead atoms. The highest BCUT2D eigenvalue weighted by molar-refractivity contribution is 9.10. The number of ketones is 2. The Morgan fingerprint density at radius 2 is 1.12 bits per heavy atom. The Balaban J connectivity index is 0.000000136. The number of aromatic nitrogens is 6. The van der Waals surface area contributed by atoms with E-state index in [-0.39, 0.29) is 11.7 Å². The molecular weight excluding hydrogens is 1000 g/mol. The fourth-order valence-corrected chi connectivity index (χ4v) is 11.3. The van der Waals surface area contributed by atoms with Gasteiger partial charge < -0.3 is 28.1 Å². The Labute approximate surface area is 448 Å². The first-order valence-electron chi connectivity index (χ1n) is 26.3. The molecule has 0 saturated heterocycles. The zero-order valence-electron chi connectivity index (χ0n) is 43.7. The van der Waals surface area contributed by atoms with Gasteiger partial charge >= 0.3 is 0 Å². The van der Waals surface area contributed by atoms with E-state index in [2.05, 4.69) is 89.6 Å². The first kappa shape index (κ1) is 52.9. The molecule has 5 aromatic heterocycles. The van der Waals surface area contributed by atoms with Gasteiger partial charge in [-0.25, -0.2) is 19.9 Å². The smallest absolute Gasteiger partial charge is 0.159 e. The van der Waals surface area contributed by atoms with E-state index in [1.54, 1.807) is 53.6 Å². The summed E-state index contributed by atoms with van der Waals surface area (Å²) in [6.45, 7) is 3.37. The summed E-state index contributed by atoms with van der Waals surface area (Å²) in [5.74, 6) is 4.81. The predicted octanol–water partition coefficient (Wildman–Crippen LogP) is 13.3. The first-order chi connectivity index (χ1) is 36.4. The number of pyridine rings is 2. The lowest BCUT2D eigenvalue weighted by atomic mass is 9.83. The molecule has 5 heterocycles. The number of aliphatic hydroxyl groups is 1. The maximum atomic E-state index is 11.4. The Bertz CT molecular complexity index is 3300. The van der Waals surface area contributed by atoms with Crippen LogP contribution in [0.1, 0.15) is 148 Å². The van der Waals surface area contributed by atoms with Gasteiger partial charge in [-0.1, -0.05) is 60.7 Å². The van der Waals surface area contributed by atoms with E-state index >= 15 is 0 Å². The quantitative estimate of drug-likeness (QED) is 0.156. The van der Waals surface area contributed by atoms with Crippen molar-refractivity contribution >= 4 is 38.8 Å². The summed E-state index contributed by atoms with van der Waals surface area (Å²) in [6.07, 6.45) is 24.4. The SMILES string of the molecule is COc1ccccc1C1CCCC(=O)C1.COc1ccccc1C1CCCc2nc3ccc(-c4cnc(C(C)(C)O)nc4)cn3c21.COc1ccccc1C1CCCc2nc3ccc(Br)cn3c21.O=C1C=CCCC1. The molecule has 12 rings (SSSR count). The minimum absolute atomic E-state index is 0.235. The average Bonchev–Trinajstić information content (AvgIpc) is 4.02. The number of allylic oxidation sites excluding steroid dienone is 2. The van der Waals surface area contributed by atoms with Crippen LogP contribution in [-0.2, 0) is 28.0 Å². The van der Waals surface area contributed by atoms with Gasteiger partial charge in [-0.3, -0.25) is 9.59 Å². The van der Waals surface area contributed by atoms with Crippen LogP contribution < -0.4 is 14.2 Å². The van der Waals surface area contributed by atoms with E-state index in [0.717, 1.165) is 120 Å². The summed E-state index contributed by atoms with van der Waals surface area (Å²) in [6, 6.07) is 32.8. The van der Waals surface area contributed by atoms with Gasteiger partial charge in [-0.15, -0.1) is 0 Å². The number of para-hydroxylation sites is 3. The first-order valence-corrected chi connectivity index (χ1v) is 27.1. The van der Waals surface area contributed by atoms with E-state index in [1.165, 1.54) is 40.2 Å². The largest absolute Gasteiger partial charge is 0.496 e. The summed E-state index contributed by atoms with van der Waals surface area (Å²) in [7, 11) is 5.16. The Morgan fingerprint density at radius 1 is 0.600 bits per heavy atom. The second-order valence-corrected chi connectivity index (χ2v) is 21.1. The van der Waals surface area contributed by atoms with Crippen LogP contribution in [0, 0.1) is 0 Å². The van der Waals surface area contributed by atoms with Crippen LogP contribution >= 0.6 is 15.9 Å². The van der Waals surface area contributed by atoms with Crippen LogP contribution in [0.2, 0.25) is 0 Å². The van der Waals surface area contributed by atoms with Gasteiger partial charge in [0.25, 0.3) is 0 Å². The number of hydrogen-bond acceptors (Lipinski definition) is 10. The number of ether oxygens (including phenoxy) is 3. The van der Waals surface area contributed by atoms with E-state index in [1.807, 2.05) is 60.7 Å². The van der Waals surface area contributed by atoms with Crippen molar-refractivity contribution in [2.24, 2.45) is 0 Å². The van der Waals surface area contributed by atoms with Gasteiger partial charge in [0, 0.05) is 82.6 Å². The van der Waals surface area contributed by atoms with Crippen molar-refractivity contribution in [1.29, 1.82) is 0 Å². The molecule has 0 amide bonds. The Morgan fingerprint density at radius 3 is 1.63 bits per heavy atom. The average molecular weight is 1070 g/mol. The number of imidazole rings is 2. The third-order valence-electron chi connectivity index (χ3n) is 14.6. The van der Waals surface area contributed by atoms with E-state index in [9.17, 15) is 14.7 Å². The van der Waals surface area contributed by atoms with Crippen LogP contribution in [-0.4, -0.2) is 66.7 Å². The van der Waals surface area contributed by atoms with Gasteiger partial charge in [-0.05, 0) is 154 Å². The molecule has 1 fully saturated rings. The summed E-state index contributed by atoms with van der Waals surface area (Å²) < 4.78 is 22.1. The standard InChI is InChI=1S/C25H26N4O2.C18H17BrN2O.C13H16O2.C6H8O/c1-25(2,30)24-26-13-17(14-27-24)16-11-12-22-28-20-9-6-8-19(23(20)29(22)15-16)18-7-4-5-10-21(18)31-3;1-22-16-8-3-2-5-13(16)14-6-4-7-15-18(14)21-11-12(19)9-10-17(21)20-15;1-15-13-8-3-2-7-12(13)10-5-4-6-11(14)9-10;7-6-4-2-1-3-5-6/h4-5,7,10-15,19,30H,6,8-9H2,1-3H3;2-3,5,8-11,14H,4,6-7H2,1H3;2-3,7-8,10H,4-6,9H2,1H3;2,4H,1,3,5H2. The molecule has 8 aromatic rings. The predicted molar refractivity (Wildman–Crippen MR) is 297 cm³/mol. The zero-order valence-corrected chi connectivity index (χ0v) is 45.3. The Kier molecular flexibility index (Phi) is 17.0. The Hall–Kier alpha value is -6.96. The normalized spacial score (nSPS) is 18.0. The second-order valence-electron chi connectivity index (χ2n) is 20.2. The zero-order chi connectivity index (χ0) is 52.5. The topological polar surface area (TPSA) is 142 Å². The molecular formula is C62H67BrN6O6. The number of fused-ring (bicyclic) bond motifs is 6. The molecule has 388 valence electrons. The highest BCUT2D eigenvalue weighted by atomic mass is 79.9. The van der Waals surface area contributed by atoms with Gasteiger partial charge in [0.05, 0.1) is 44.1 Å². The van der Waals surface area contributed by atoms with Crippen molar-refractivity contribution in [3.8, 4) is 28.4 Å². The molecule has 12 nitrogen and oxygen atoms in total. The highest BCUT2D eigenvalue weighted by Gasteiger charge is 2.31. The van der Waals surface area contributed by atoms with Crippen molar-refractivity contribution in [3.05, 3.63) is 184 Å². The molecule has 0 spiro atoms. The number of carbonyl (C=O) groups excluding carboxylic acids is 2. The number of nitrogens with zero attached hydrogens (tertiary/aromatic N) is 6. The van der Waals surface area contributed by atoms with Crippen molar-refractivity contribution in [2.75, 3.05) is 21.3 Å². The molecule has 3 atom stereocenters. The van der Waals surface area contributed by atoms with Gasteiger partial charge in [0.1, 0.15) is 39.9 Å². The number of benzene rings is 3. The number of aryl methyl sites for hydroxylation is 2. The number of Topliss-reactive ketones (excluding diaryl/α,β-unsaturated/α-hetero) is 1. The molecule has 4 aliphatic rings.